The van der Waals surface area contributed by atoms with Gasteiger partial charge in [0, 0.05) is 50.0 Å². The number of ether oxygens (including phenoxy) is 2. The van der Waals surface area contributed by atoms with E-state index >= 15 is 0 Å². The highest BCUT2D eigenvalue weighted by Gasteiger charge is 2.25. The summed E-state index contributed by atoms with van der Waals surface area (Å²) >= 11 is 0. The molecule has 2 N–H and O–H groups in total. The number of rotatable bonds is 7. The summed E-state index contributed by atoms with van der Waals surface area (Å²) in [6, 6.07) is 19.7. The Hall–Kier alpha value is -3.58. The molecule has 0 unspecified atom stereocenters. The minimum atomic E-state index is -0.166. The summed E-state index contributed by atoms with van der Waals surface area (Å²) in [5, 5.41) is 6.57. The number of hydrogen-bond acceptors (Lipinski definition) is 6. The van der Waals surface area contributed by atoms with Crippen LogP contribution in [0.3, 0.4) is 0 Å². The second-order valence-electron chi connectivity index (χ2n) is 7.60. The maximum atomic E-state index is 13.1. The SMILES string of the molecule is COc1ccc(CNC(=O)c2cccnc2N2CCN[C@H](c3ccccc3)C2)c(OC)c1. The summed E-state index contributed by atoms with van der Waals surface area (Å²) in [4.78, 5) is 19.8. The minimum Gasteiger partial charge on any atom is -0.497 e. The lowest BCUT2D eigenvalue weighted by molar-refractivity contribution is 0.0950. The number of anilines is 1. The van der Waals surface area contributed by atoms with Crippen LogP contribution in [0.15, 0.2) is 66.9 Å². The predicted molar refractivity (Wildman–Crippen MR) is 124 cm³/mol. The quantitative estimate of drug-likeness (QED) is 0.597. The Morgan fingerprint density at radius 1 is 1.12 bits per heavy atom. The van der Waals surface area contributed by atoms with E-state index in [2.05, 4.69) is 32.7 Å². The van der Waals surface area contributed by atoms with E-state index in [-0.39, 0.29) is 11.9 Å². The zero-order valence-corrected chi connectivity index (χ0v) is 18.4. The number of benzene rings is 2. The average Bonchev–Trinajstić information content (AvgIpc) is 2.87. The summed E-state index contributed by atoms with van der Waals surface area (Å²) in [6.45, 7) is 2.69. The van der Waals surface area contributed by atoms with Crippen LogP contribution >= 0.6 is 0 Å². The third kappa shape index (κ3) is 4.84. The molecular weight excluding hydrogens is 404 g/mol. The van der Waals surface area contributed by atoms with Gasteiger partial charge in [0.15, 0.2) is 0 Å². The Balaban J connectivity index is 1.49. The third-order valence-corrected chi connectivity index (χ3v) is 5.64. The summed E-state index contributed by atoms with van der Waals surface area (Å²) < 4.78 is 10.7. The monoisotopic (exact) mass is 432 g/mol. The topological polar surface area (TPSA) is 75.7 Å². The Bertz CT molecular complexity index is 1060. The maximum absolute atomic E-state index is 13.1. The number of carbonyl (C=O) groups is 1. The fraction of sp³-hybridized carbons (Fsp3) is 0.280. The molecular formula is C25H28N4O3. The number of pyridine rings is 1. The van der Waals surface area contributed by atoms with Crippen molar-refractivity contribution in [3.8, 4) is 11.5 Å². The number of nitrogens with one attached hydrogen (secondary N) is 2. The van der Waals surface area contributed by atoms with Gasteiger partial charge in [-0.25, -0.2) is 4.98 Å². The molecule has 1 aromatic heterocycles. The molecule has 1 amide bonds. The van der Waals surface area contributed by atoms with Crippen LogP contribution in [0.2, 0.25) is 0 Å². The first-order chi connectivity index (χ1) is 15.7. The van der Waals surface area contributed by atoms with Crippen molar-refractivity contribution in [1.29, 1.82) is 0 Å². The third-order valence-electron chi connectivity index (χ3n) is 5.64. The lowest BCUT2D eigenvalue weighted by Crippen LogP contribution is -2.46. The molecule has 3 aromatic rings. The highest BCUT2D eigenvalue weighted by molar-refractivity contribution is 5.98. The van der Waals surface area contributed by atoms with E-state index in [0.717, 1.165) is 25.2 Å². The van der Waals surface area contributed by atoms with Gasteiger partial charge in [-0.05, 0) is 29.8 Å². The van der Waals surface area contributed by atoms with Crippen LogP contribution in [0.1, 0.15) is 27.5 Å². The smallest absolute Gasteiger partial charge is 0.255 e. The lowest BCUT2D eigenvalue weighted by atomic mass is 10.0. The van der Waals surface area contributed by atoms with E-state index in [4.69, 9.17) is 9.47 Å². The largest absolute Gasteiger partial charge is 0.497 e. The highest BCUT2D eigenvalue weighted by atomic mass is 16.5. The first kappa shape index (κ1) is 21.6. The molecule has 4 rings (SSSR count). The van der Waals surface area contributed by atoms with Gasteiger partial charge in [-0.3, -0.25) is 4.79 Å². The Labute approximate surface area is 188 Å². The molecule has 1 aliphatic rings. The predicted octanol–water partition coefficient (Wildman–Crippen LogP) is 3.18. The van der Waals surface area contributed by atoms with Crippen molar-refractivity contribution in [2.75, 3.05) is 38.8 Å². The molecule has 2 heterocycles. The van der Waals surface area contributed by atoms with Crippen molar-refractivity contribution in [2.24, 2.45) is 0 Å². The second-order valence-corrected chi connectivity index (χ2v) is 7.60. The van der Waals surface area contributed by atoms with Gasteiger partial charge in [-0.1, -0.05) is 30.3 Å². The number of amides is 1. The van der Waals surface area contributed by atoms with E-state index < -0.39 is 0 Å². The summed E-state index contributed by atoms with van der Waals surface area (Å²) in [7, 11) is 3.21. The van der Waals surface area contributed by atoms with Crippen molar-refractivity contribution in [3.05, 3.63) is 83.6 Å². The van der Waals surface area contributed by atoms with Crippen molar-refractivity contribution in [1.82, 2.24) is 15.6 Å². The summed E-state index contributed by atoms with van der Waals surface area (Å²) in [5.74, 6) is 1.91. The van der Waals surface area contributed by atoms with Crippen LogP contribution in [0.25, 0.3) is 0 Å². The van der Waals surface area contributed by atoms with E-state index in [9.17, 15) is 4.79 Å². The van der Waals surface area contributed by atoms with Crippen molar-refractivity contribution >= 4 is 11.7 Å². The zero-order chi connectivity index (χ0) is 22.3. The molecule has 0 spiro atoms. The van der Waals surface area contributed by atoms with Crippen LogP contribution < -0.4 is 25.0 Å². The number of nitrogens with zero attached hydrogens (tertiary/aromatic N) is 2. The zero-order valence-electron chi connectivity index (χ0n) is 18.4. The number of aromatic nitrogens is 1. The Morgan fingerprint density at radius 2 is 1.97 bits per heavy atom. The van der Waals surface area contributed by atoms with Crippen molar-refractivity contribution in [2.45, 2.75) is 12.6 Å². The van der Waals surface area contributed by atoms with Gasteiger partial charge in [0.25, 0.3) is 5.91 Å². The first-order valence-corrected chi connectivity index (χ1v) is 10.7. The normalized spacial score (nSPS) is 15.8. The van der Waals surface area contributed by atoms with E-state index in [1.54, 1.807) is 32.5 Å². The van der Waals surface area contributed by atoms with Crippen LogP contribution in [0, 0.1) is 0 Å². The molecule has 0 aliphatic carbocycles. The fourth-order valence-electron chi connectivity index (χ4n) is 3.95. The molecule has 1 atom stereocenters. The van der Waals surface area contributed by atoms with E-state index in [1.165, 1.54) is 5.56 Å². The van der Waals surface area contributed by atoms with Gasteiger partial charge < -0.3 is 25.0 Å². The Kier molecular flexibility index (Phi) is 6.87. The second kappa shape index (κ2) is 10.2. The minimum absolute atomic E-state index is 0.166. The van der Waals surface area contributed by atoms with Gasteiger partial charge in [0.05, 0.1) is 19.8 Å². The van der Waals surface area contributed by atoms with Gasteiger partial charge in [-0.15, -0.1) is 0 Å². The molecule has 0 bridgehead atoms. The Morgan fingerprint density at radius 3 is 2.75 bits per heavy atom. The number of hydrogen-bond donors (Lipinski definition) is 2. The lowest BCUT2D eigenvalue weighted by Gasteiger charge is -2.35. The summed E-state index contributed by atoms with van der Waals surface area (Å²) in [5.41, 5.74) is 2.66. The number of carbonyl (C=O) groups excluding carboxylic acids is 1. The van der Waals surface area contributed by atoms with Gasteiger partial charge in [-0.2, -0.15) is 0 Å². The van der Waals surface area contributed by atoms with Crippen LogP contribution in [-0.4, -0.2) is 44.7 Å². The molecule has 0 radical (unpaired) electrons. The van der Waals surface area contributed by atoms with Crippen molar-refractivity contribution in [3.63, 3.8) is 0 Å². The molecule has 1 fully saturated rings. The highest BCUT2D eigenvalue weighted by Crippen LogP contribution is 2.26. The van der Waals surface area contributed by atoms with Crippen LogP contribution in [0.5, 0.6) is 11.5 Å². The van der Waals surface area contributed by atoms with Gasteiger partial charge in [0.2, 0.25) is 0 Å². The van der Waals surface area contributed by atoms with E-state index in [1.807, 2.05) is 36.4 Å². The standard InChI is InChI=1S/C25H28N4O3/c1-31-20-11-10-19(23(15-20)32-2)16-28-25(30)21-9-6-12-27-24(21)29-14-13-26-22(17-29)18-7-4-3-5-8-18/h3-12,15,22,26H,13-14,16-17H2,1-2H3,(H,28,30)/t22-/m0/s1. The molecule has 7 nitrogen and oxygen atoms in total. The maximum Gasteiger partial charge on any atom is 0.255 e. The number of piperazine rings is 1. The van der Waals surface area contributed by atoms with Crippen LogP contribution in [-0.2, 0) is 6.54 Å². The van der Waals surface area contributed by atoms with Gasteiger partial charge >= 0.3 is 0 Å². The average molecular weight is 433 g/mol. The number of methoxy groups -OCH3 is 2. The molecule has 32 heavy (non-hydrogen) atoms. The summed E-state index contributed by atoms with van der Waals surface area (Å²) in [6.07, 6.45) is 1.73. The molecule has 0 saturated carbocycles. The molecule has 2 aromatic carbocycles. The van der Waals surface area contributed by atoms with E-state index in [0.29, 0.717) is 29.4 Å². The van der Waals surface area contributed by atoms with Crippen molar-refractivity contribution < 1.29 is 14.3 Å². The fourth-order valence-corrected chi connectivity index (χ4v) is 3.95. The molecule has 1 saturated heterocycles. The van der Waals surface area contributed by atoms with Gasteiger partial charge in [0.1, 0.15) is 17.3 Å². The molecule has 166 valence electrons. The molecule has 1 aliphatic heterocycles. The van der Waals surface area contributed by atoms with Crippen LogP contribution in [0.4, 0.5) is 5.82 Å². The first-order valence-electron chi connectivity index (χ1n) is 10.7. The molecule has 7 heteroatoms.